The third-order valence-electron chi connectivity index (χ3n) is 1.30. The molecule has 0 atom stereocenters. The molecule has 2 nitrogen and oxygen atoms in total. The third-order valence-corrected chi connectivity index (χ3v) is 2.17. The first-order chi connectivity index (χ1) is 4.25. The lowest BCUT2D eigenvalue weighted by atomic mass is 10.2. The Morgan fingerprint density at radius 2 is 2.22 bits per heavy atom. The van der Waals surface area contributed by atoms with Crippen molar-refractivity contribution in [3.8, 4) is 0 Å². The van der Waals surface area contributed by atoms with Gasteiger partial charge in [-0.15, -0.1) is 0 Å². The Morgan fingerprint density at radius 1 is 1.56 bits per heavy atom. The second-order valence-corrected chi connectivity index (χ2v) is 2.84. The van der Waals surface area contributed by atoms with Gasteiger partial charge in [0.1, 0.15) is 5.69 Å². The van der Waals surface area contributed by atoms with E-state index >= 15 is 0 Å². The largest absolute Gasteiger partial charge is 0.296 e. The lowest BCUT2D eigenvalue weighted by molar-refractivity contribution is 0.111. The van der Waals surface area contributed by atoms with Crippen LogP contribution in [0.1, 0.15) is 20.9 Å². The molecule has 1 heterocycles. The standard InChI is InChI=1S/C6H7NOS/c1-4-5(2)9-7-6(4)3-8/h3H,1-2H3. The van der Waals surface area contributed by atoms with E-state index in [2.05, 4.69) is 4.37 Å². The molecule has 0 aliphatic heterocycles. The molecule has 0 unspecified atom stereocenters. The van der Waals surface area contributed by atoms with E-state index in [9.17, 15) is 4.79 Å². The summed E-state index contributed by atoms with van der Waals surface area (Å²) >= 11 is 1.37. The Morgan fingerprint density at radius 3 is 2.44 bits per heavy atom. The van der Waals surface area contributed by atoms with Crippen molar-refractivity contribution >= 4 is 17.8 Å². The predicted molar refractivity (Wildman–Crippen MR) is 37.0 cm³/mol. The van der Waals surface area contributed by atoms with Gasteiger partial charge in [0.05, 0.1) is 0 Å². The van der Waals surface area contributed by atoms with E-state index in [1.165, 1.54) is 11.5 Å². The van der Waals surface area contributed by atoms with Crippen LogP contribution in [0.4, 0.5) is 0 Å². The van der Waals surface area contributed by atoms with E-state index in [0.29, 0.717) is 5.69 Å². The molecule has 0 radical (unpaired) electrons. The van der Waals surface area contributed by atoms with E-state index in [4.69, 9.17) is 0 Å². The molecule has 0 saturated heterocycles. The van der Waals surface area contributed by atoms with Gasteiger partial charge in [-0.25, -0.2) is 0 Å². The number of aryl methyl sites for hydroxylation is 1. The molecule has 1 aromatic rings. The summed E-state index contributed by atoms with van der Waals surface area (Å²) in [5.74, 6) is 0. The van der Waals surface area contributed by atoms with E-state index in [1.54, 1.807) is 0 Å². The maximum absolute atomic E-state index is 10.2. The molecule has 0 amide bonds. The van der Waals surface area contributed by atoms with Gasteiger partial charge in [-0.3, -0.25) is 4.79 Å². The van der Waals surface area contributed by atoms with E-state index in [0.717, 1.165) is 16.7 Å². The molecule has 9 heavy (non-hydrogen) atoms. The van der Waals surface area contributed by atoms with Gasteiger partial charge in [-0.05, 0) is 30.9 Å². The quantitative estimate of drug-likeness (QED) is 0.556. The zero-order valence-electron chi connectivity index (χ0n) is 5.34. The zero-order chi connectivity index (χ0) is 6.85. The van der Waals surface area contributed by atoms with Crippen LogP contribution in [-0.4, -0.2) is 10.7 Å². The first-order valence-corrected chi connectivity index (χ1v) is 3.41. The lowest BCUT2D eigenvalue weighted by Gasteiger charge is -1.83. The molecule has 0 aliphatic rings. The van der Waals surface area contributed by atoms with Crippen molar-refractivity contribution in [3.05, 3.63) is 16.1 Å². The van der Waals surface area contributed by atoms with Crippen molar-refractivity contribution in [2.45, 2.75) is 13.8 Å². The van der Waals surface area contributed by atoms with Crippen molar-refractivity contribution in [3.63, 3.8) is 0 Å². The van der Waals surface area contributed by atoms with Crippen molar-refractivity contribution in [2.75, 3.05) is 0 Å². The Hall–Kier alpha value is -0.700. The second kappa shape index (κ2) is 2.27. The van der Waals surface area contributed by atoms with Crippen LogP contribution in [-0.2, 0) is 0 Å². The van der Waals surface area contributed by atoms with Crippen molar-refractivity contribution in [1.29, 1.82) is 0 Å². The first kappa shape index (κ1) is 6.42. The van der Waals surface area contributed by atoms with Gasteiger partial charge in [0, 0.05) is 4.88 Å². The molecular formula is C6H7NOS. The summed E-state index contributed by atoms with van der Waals surface area (Å²) in [6.07, 6.45) is 0.791. The average Bonchev–Trinajstić information content (AvgIpc) is 2.15. The van der Waals surface area contributed by atoms with Gasteiger partial charge in [-0.1, -0.05) is 0 Å². The van der Waals surface area contributed by atoms with Crippen LogP contribution < -0.4 is 0 Å². The topological polar surface area (TPSA) is 30.0 Å². The SMILES string of the molecule is Cc1snc(C=O)c1C. The highest BCUT2D eigenvalue weighted by molar-refractivity contribution is 7.06. The van der Waals surface area contributed by atoms with Gasteiger partial charge < -0.3 is 0 Å². The fraction of sp³-hybridized carbons (Fsp3) is 0.333. The van der Waals surface area contributed by atoms with Crippen LogP contribution >= 0.6 is 11.5 Å². The summed E-state index contributed by atoms with van der Waals surface area (Å²) < 4.78 is 3.91. The van der Waals surface area contributed by atoms with Gasteiger partial charge in [0.2, 0.25) is 0 Å². The third kappa shape index (κ3) is 1.00. The Kier molecular flexibility index (Phi) is 1.62. The number of hydrogen-bond acceptors (Lipinski definition) is 3. The summed E-state index contributed by atoms with van der Waals surface area (Å²) in [7, 11) is 0. The number of hydrogen-bond donors (Lipinski definition) is 0. The molecular weight excluding hydrogens is 134 g/mol. The normalized spacial score (nSPS) is 9.56. The average molecular weight is 141 g/mol. The number of carbonyl (C=O) groups excluding carboxylic acids is 1. The molecule has 48 valence electrons. The molecule has 0 spiro atoms. The fourth-order valence-electron chi connectivity index (χ4n) is 0.545. The highest BCUT2D eigenvalue weighted by Crippen LogP contribution is 2.13. The van der Waals surface area contributed by atoms with Crippen molar-refractivity contribution < 1.29 is 4.79 Å². The molecule has 0 fully saturated rings. The Balaban J connectivity index is 3.18. The molecule has 0 bridgehead atoms. The minimum Gasteiger partial charge on any atom is -0.296 e. The molecule has 3 heteroatoms. The number of aromatic nitrogens is 1. The van der Waals surface area contributed by atoms with Crippen LogP contribution in [0.3, 0.4) is 0 Å². The van der Waals surface area contributed by atoms with Gasteiger partial charge >= 0.3 is 0 Å². The lowest BCUT2D eigenvalue weighted by Crippen LogP contribution is -1.81. The summed E-state index contributed by atoms with van der Waals surface area (Å²) in [5.41, 5.74) is 1.59. The summed E-state index contributed by atoms with van der Waals surface area (Å²) in [6, 6.07) is 0. The molecule has 0 aliphatic carbocycles. The van der Waals surface area contributed by atoms with E-state index in [1.807, 2.05) is 13.8 Å². The van der Waals surface area contributed by atoms with Crippen LogP contribution in [0, 0.1) is 13.8 Å². The van der Waals surface area contributed by atoms with Crippen LogP contribution in [0.2, 0.25) is 0 Å². The fourth-order valence-corrected chi connectivity index (χ4v) is 1.20. The number of rotatable bonds is 1. The minimum atomic E-state index is 0.581. The maximum atomic E-state index is 10.2. The zero-order valence-corrected chi connectivity index (χ0v) is 6.16. The monoisotopic (exact) mass is 141 g/mol. The number of aldehydes is 1. The predicted octanol–water partition coefficient (Wildman–Crippen LogP) is 1.57. The summed E-state index contributed by atoms with van der Waals surface area (Å²) in [4.78, 5) is 11.3. The second-order valence-electron chi connectivity index (χ2n) is 1.87. The van der Waals surface area contributed by atoms with Crippen LogP contribution in [0.5, 0.6) is 0 Å². The molecule has 0 aromatic carbocycles. The highest BCUT2D eigenvalue weighted by atomic mass is 32.1. The summed E-state index contributed by atoms with van der Waals surface area (Å²) in [6.45, 7) is 3.86. The van der Waals surface area contributed by atoms with Crippen molar-refractivity contribution in [1.82, 2.24) is 4.37 Å². The first-order valence-electron chi connectivity index (χ1n) is 2.63. The van der Waals surface area contributed by atoms with Crippen LogP contribution in [0.15, 0.2) is 0 Å². The van der Waals surface area contributed by atoms with E-state index < -0.39 is 0 Å². The summed E-state index contributed by atoms with van der Waals surface area (Å²) in [5, 5.41) is 0. The van der Waals surface area contributed by atoms with Gasteiger partial charge in [-0.2, -0.15) is 4.37 Å². The van der Waals surface area contributed by atoms with Crippen molar-refractivity contribution in [2.24, 2.45) is 0 Å². The molecule has 1 aromatic heterocycles. The van der Waals surface area contributed by atoms with Crippen LogP contribution in [0.25, 0.3) is 0 Å². The Bertz CT molecular complexity index is 229. The molecule has 1 rings (SSSR count). The van der Waals surface area contributed by atoms with E-state index in [-0.39, 0.29) is 0 Å². The maximum Gasteiger partial charge on any atom is 0.169 e. The van der Waals surface area contributed by atoms with Gasteiger partial charge in [0.25, 0.3) is 0 Å². The number of carbonyl (C=O) groups is 1. The Labute approximate surface area is 57.7 Å². The molecule has 0 saturated carbocycles. The molecule has 0 N–H and O–H groups in total. The smallest absolute Gasteiger partial charge is 0.169 e. The minimum absolute atomic E-state index is 0.581. The number of nitrogens with zero attached hydrogens (tertiary/aromatic N) is 1. The van der Waals surface area contributed by atoms with Gasteiger partial charge in [0.15, 0.2) is 6.29 Å². The highest BCUT2D eigenvalue weighted by Gasteiger charge is 2.02.